The Labute approximate surface area is 203 Å². The van der Waals surface area contributed by atoms with Crippen LogP contribution in [0, 0.1) is 0 Å². The lowest BCUT2D eigenvalue weighted by molar-refractivity contribution is 0.0846. The van der Waals surface area contributed by atoms with Gasteiger partial charge < -0.3 is 9.47 Å². The minimum atomic E-state index is -0.510. The number of hydrazine groups is 1. The van der Waals surface area contributed by atoms with Crippen LogP contribution in [0.5, 0.6) is 11.5 Å². The summed E-state index contributed by atoms with van der Waals surface area (Å²) in [5, 5.41) is 0.479. The Bertz CT molecular complexity index is 1300. The molecular weight excluding hydrogens is 448 g/mol. The second kappa shape index (κ2) is 11.0. The molecule has 9 nitrogen and oxygen atoms in total. The molecule has 0 saturated carbocycles. The normalized spacial score (nSPS) is 13.3. The number of carbonyl (C=O) groups excluding carboxylic acids is 2. The Balaban J connectivity index is 1.48. The molecule has 0 unspecified atom stereocenters. The summed E-state index contributed by atoms with van der Waals surface area (Å²) in [5.41, 5.74) is 5.84. The summed E-state index contributed by atoms with van der Waals surface area (Å²) < 4.78 is 12.7. The van der Waals surface area contributed by atoms with Crippen LogP contribution in [-0.4, -0.2) is 35.1 Å². The van der Waals surface area contributed by atoms with Gasteiger partial charge in [0, 0.05) is 24.1 Å². The lowest BCUT2D eigenvalue weighted by atomic mass is 10.1. The van der Waals surface area contributed by atoms with Crippen LogP contribution in [0.25, 0.3) is 10.9 Å². The number of rotatable bonds is 6. The van der Waals surface area contributed by atoms with Crippen molar-refractivity contribution in [2.24, 2.45) is 0 Å². The third kappa shape index (κ3) is 5.45. The van der Waals surface area contributed by atoms with Crippen LogP contribution < -0.4 is 25.9 Å². The van der Waals surface area contributed by atoms with Gasteiger partial charge in [0.15, 0.2) is 11.5 Å². The number of fused-ring (bicyclic) bond motifs is 2. The maximum absolute atomic E-state index is 13.0. The van der Waals surface area contributed by atoms with E-state index in [1.807, 2.05) is 6.92 Å². The summed E-state index contributed by atoms with van der Waals surface area (Å²) in [6.07, 6.45) is 5.76. The monoisotopic (exact) mass is 478 g/mol. The van der Waals surface area contributed by atoms with Crippen molar-refractivity contribution < 1.29 is 19.1 Å². The first-order chi connectivity index (χ1) is 17.0. The topological polar surface area (TPSA) is 112 Å². The zero-order valence-electron chi connectivity index (χ0n) is 20.1. The fraction of sp³-hybridized carbons (Fsp3) is 0.385. The molecule has 1 aliphatic rings. The molecule has 2 aromatic carbocycles. The number of benzene rings is 2. The third-order valence-corrected chi connectivity index (χ3v) is 6.01. The summed E-state index contributed by atoms with van der Waals surface area (Å²) in [4.78, 5) is 42.9. The lowest BCUT2D eigenvalue weighted by Crippen LogP contribution is -2.41. The SMILES string of the molecule is CCCOc1ccc(C(=O)NNC(=O)c2ccc3c(=O)n4c(nc3c2)CCCCCC4)cc1OC. The van der Waals surface area contributed by atoms with Gasteiger partial charge in [-0.05, 0) is 55.7 Å². The van der Waals surface area contributed by atoms with Gasteiger partial charge >= 0.3 is 0 Å². The number of ether oxygens (including phenoxy) is 2. The first kappa shape index (κ1) is 24.3. The number of nitrogens with zero attached hydrogens (tertiary/aromatic N) is 2. The number of hydrogen-bond donors (Lipinski definition) is 2. The molecule has 2 N–H and O–H groups in total. The molecule has 0 spiro atoms. The van der Waals surface area contributed by atoms with Crippen molar-refractivity contribution in [3.05, 3.63) is 63.7 Å². The van der Waals surface area contributed by atoms with Gasteiger partial charge in [0.25, 0.3) is 17.4 Å². The second-order valence-corrected chi connectivity index (χ2v) is 8.50. The van der Waals surface area contributed by atoms with E-state index >= 15 is 0 Å². The molecule has 0 saturated heterocycles. The van der Waals surface area contributed by atoms with Crippen molar-refractivity contribution in [2.75, 3.05) is 13.7 Å². The first-order valence-electron chi connectivity index (χ1n) is 12.0. The van der Waals surface area contributed by atoms with E-state index in [9.17, 15) is 14.4 Å². The van der Waals surface area contributed by atoms with Crippen molar-refractivity contribution in [3.8, 4) is 11.5 Å². The molecule has 1 aromatic heterocycles. The molecule has 4 rings (SSSR count). The highest BCUT2D eigenvalue weighted by Crippen LogP contribution is 2.28. The van der Waals surface area contributed by atoms with Gasteiger partial charge in [-0.2, -0.15) is 0 Å². The number of aryl methyl sites for hydroxylation is 1. The summed E-state index contributed by atoms with van der Waals surface area (Å²) >= 11 is 0. The van der Waals surface area contributed by atoms with Crippen LogP contribution in [0.4, 0.5) is 0 Å². The number of aromatic nitrogens is 2. The van der Waals surface area contributed by atoms with Crippen LogP contribution in [0.1, 0.15) is 65.6 Å². The molecule has 0 aliphatic carbocycles. The van der Waals surface area contributed by atoms with E-state index in [0.29, 0.717) is 46.7 Å². The van der Waals surface area contributed by atoms with E-state index in [2.05, 4.69) is 15.8 Å². The smallest absolute Gasteiger partial charge is 0.269 e. The number of methoxy groups -OCH3 is 1. The summed E-state index contributed by atoms with van der Waals surface area (Å²) in [5.74, 6) is 0.719. The molecule has 2 heterocycles. The Morgan fingerprint density at radius 2 is 1.69 bits per heavy atom. The fourth-order valence-electron chi connectivity index (χ4n) is 4.13. The lowest BCUT2D eigenvalue weighted by Gasteiger charge is -2.16. The Hall–Kier alpha value is -3.88. The summed E-state index contributed by atoms with van der Waals surface area (Å²) in [6, 6.07) is 9.56. The zero-order chi connectivity index (χ0) is 24.8. The number of carbonyl (C=O) groups is 2. The van der Waals surface area contributed by atoms with Crippen molar-refractivity contribution in [1.82, 2.24) is 20.4 Å². The Morgan fingerprint density at radius 3 is 2.43 bits per heavy atom. The van der Waals surface area contributed by atoms with Crippen molar-refractivity contribution >= 4 is 22.7 Å². The average molecular weight is 479 g/mol. The number of hydrogen-bond acceptors (Lipinski definition) is 6. The van der Waals surface area contributed by atoms with Crippen LogP contribution in [0.3, 0.4) is 0 Å². The van der Waals surface area contributed by atoms with E-state index in [1.54, 1.807) is 41.0 Å². The van der Waals surface area contributed by atoms with E-state index in [1.165, 1.54) is 7.11 Å². The molecule has 3 aromatic rings. The van der Waals surface area contributed by atoms with Gasteiger partial charge in [0.2, 0.25) is 0 Å². The van der Waals surface area contributed by atoms with Gasteiger partial charge in [0.05, 0.1) is 24.6 Å². The summed E-state index contributed by atoms with van der Waals surface area (Å²) in [7, 11) is 1.50. The molecule has 0 atom stereocenters. The highest BCUT2D eigenvalue weighted by atomic mass is 16.5. The van der Waals surface area contributed by atoms with Gasteiger partial charge in [0.1, 0.15) is 5.82 Å². The number of amides is 2. The Morgan fingerprint density at radius 1 is 0.971 bits per heavy atom. The highest BCUT2D eigenvalue weighted by Gasteiger charge is 2.16. The highest BCUT2D eigenvalue weighted by molar-refractivity contribution is 6.01. The van der Waals surface area contributed by atoms with E-state index in [0.717, 1.165) is 44.3 Å². The fourth-order valence-corrected chi connectivity index (χ4v) is 4.13. The van der Waals surface area contributed by atoms with Crippen LogP contribution in [-0.2, 0) is 13.0 Å². The molecule has 0 bridgehead atoms. The third-order valence-electron chi connectivity index (χ3n) is 6.01. The predicted octanol–water partition coefficient (Wildman–Crippen LogP) is 3.39. The van der Waals surface area contributed by atoms with Crippen molar-refractivity contribution in [1.29, 1.82) is 0 Å². The summed E-state index contributed by atoms with van der Waals surface area (Å²) in [6.45, 7) is 3.20. The second-order valence-electron chi connectivity index (χ2n) is 8.50. The maximum atomic E-state index is 13.0. The predicted molar refractivity (Wildman–Crippen MR) is 132 cm³/mol. The molecule has 1 aliphatic heterocycles. The molecule has 9 heteroatoms. The van der Waals surface area contributed by atoms with E-state index in [-0.39, 0.29) is 5.56 Å². The van der Waals surface area contributed by atoms with Gasteiger partial charge in [-0.3, -0.25) is 29.8 Å². The van der Waals surface area contributed by atoms with Crippen molar-refractivity contribution in [2.45, 2.75) is 52.0 Å². The van der Waals surface area contributed by atoms with E-state index < -0.39 is 11.8 Å². The zero-order valence-corrected chi connectivity index (χ0v) is 20.1. The van der Waals surface area contributed by atoms with Gasteiger partial charge in [-0.1, -0.05) is 19.8 Å². The minimum Gasteiger partial charge on any atom is -0.493 e. The maximum Gasteiger partial charge on any atom is 0.269 e. The van der Waals surface area contributed by atoms with E-state index in [4.69, 9.17) is 9.47 Å². The largest absolute Gasteiger partial charge is 0.493 e. The van der Waals surface area contributed by atoms with Crippen LogP contribution in [0.15, 0.2) is 41.2 Å². The molecule has 184 valence electrons. The minimum absolute atomic E-state index is 0.0764. The Kier molecular flexibility index (Phi) is 7.64. The molecule has 35 heavy (non-hydrogen) atoms. The molecule has 0 radical (unpaired) electrons. The first-order valence-corrected chi connectivity index (χ1v) is 12.0. The molecule has 0 fully saturated rings. The van der Waals surface area contributed by atoms with Gasteiger partial charge in [-0.15, -0.1) is 0 Å². The van der Waals surface area contributed by atoms with Crippen LogP contribution >= 0.6 is 0 Å². The van der Waals surface area contributed by atoms with Gasteiger partial charge in [-0.25, -0.2) is 4.98 Å². The standard InChI is InChI=1S/C26H30N4O5/c1-3-14-35-21-12-10-18(16-22(21)34-2)25(32)29-28-24(31)17-9-11-19-20(15-17)27-23-8-6-4-5-7-13-30(23)26(19)33/h9-12,15-16H,3-8,13-14H2,1-2H3,(H,28,31)(H,29,32). The molecule has 2 amide bonds. The number of nitrogens with one attached hydrogen (secondary N) is 2. The average Bonchev–Trinajstić information content (AvgIpc) is 2.86. The quantitative estimate of drug-likeness (QED) is 0.526. The van der Waals surface area contributed by atoms with Crippen LogP contribution in [0.2, 0.25) is 0 Å². The molecular formula is C26H30N4O5. The van der Waals surface area contributed by atoms with Crippen molar-refractivity contribution in [3.63, 3.8) is 0 Å².